The molecule has 0 unspecified atom stereocenters. The van der Waals surface area contributed by atoms with Crippen LogP contribution in [-0.2, 0) is 0 Å². The number of hydrogen-bond donors (Lipinski definition) is 1. The highest BCUT2D eigenvalue weighted by molar-refractivity contribution is 5.59. The van der Waals surface area contributed by atoms with Gasteiger partial charge in [-0.25, -0.2) is 4.68 Å². The maximum Gasteiger partial charge on any atom is 0.336 e. The topological polar surface area (TPSA) is 66.0 Å². The molecule has 3 rings (SSSR count). The van der Waals surface area contributed by atoms with Crippen LogP contribution in [0.1, 0.15) is 19.4 Å². The highest BCUT2D eigenvalue weighted by Crippen LogP contribution is 2.24. The molecule has 2 N–H and O–H groups in total. The predicted molar refractivity (Wildman–Crippen MR) is 91.7 cm³/mol. The second-order valence-electron chi connectivity index (χ2n) is 5.75. The number of aromatic nitrogens is 3. The summed E-state index contributed by atoms with van der Waals surface area (Å²) < 4.78 is 7.44. The van der Waals surface area contributed by atoms with Gasteiger partial charge in [-0.15, -0.1) is 5.10 Å². The van der Waals surface area contributed by atoms with Crippen LogP contribution in [-0.4, -0.2) is 20.9 Å². The zero-order valence-electron chi connectivity index (χ0n) is 13.5. The van der Waals surface area contributed by atoms with E-state index in [9.17, 15) is 0 Å². The summed E-state index contributed by atoms with van der Waals surface area (Å²) in [5, 5.41) is 4.49. The number of aryl methyl sites for hydroxylation is 1. The number of ether oxygens (including phenoxy) is 1. The molecule has 0 aliphatic heterocycles. The van der Waals surface area contributed by atoms with Crippen molar-refractivity contribution in [3.63, 3.8) is 0 Å². The van der Waals surface area contributed by atoms with E-state index in [0.717, 1.165) is 17.1 Å². The van der Waals surface area contributed by atoms with Crippen LogP contribution in [0.2, 0.25) is 0 Å². The van der Waals surface area contributed by atoms with Crippen molar-refractivity contribution in [1.29, 1.82) is 0 Å². The highest BCUT2D eigenvalue weighted by Gasteiger charge is 2.15. The predicted octanol–water partition coefficient (Wildman–Crippen LogP) is 3.61. The van der Waals surface area contributed by atoms with Gasteiger partial charge in [0.2, 0.25) is 0 Å². The van der Waals surface area contributed by atoms with Gasteiger partial charge in [0.15, 0.2) is 5.82 Å². The number of benzene rings is 2. The Bertz CT molecular complexity index is 726. The van der Waals surface area contributed by atoms with Crippen LogP contribution in [0.4, 0.5) is 5.69 Å². The third-order valence-electron chi connectivity index (χ3n) is 3.38. The lowest BCUT2D eigenvalue weighted by molar-refractivity contribution is 0.222. The van der Waals surface area contributed by atoms with Crippen molar-refractivity contribution < 1.29 is 4.74 Å². The molecule has 0 bridgehead atoms. The number of nitrogens with zero attached hydrogens (tertiary/aromatic N) is 3. The molecule has 0 spiro atoms. The second-order valence-corrected chi connectivity index (χ2v) is 5.75. The van der Waals surface area contributed by atoms with E-state index in [-0.39, 0.29) is 6.10 Å². The van der Waals surface area contributed by atoms with Gasteiger partial charge in [0, 0.05) is 11.3 Å². The van der Waals surface area contributed by atoms with E-state index >= 15 is 0 Å². The molecule has 23 heavy (non-hydrogen) atoms. The first kappa shape index (κ1) is 15.1. The molecule has 1 aromatic heterocycles. The van der Waals surface area contributed by atoms with Gasteiger partial charge >= 0.3 is 6.01 Å². The van der Waals surface area contributed by atoms with Crippen LogP contribution in [0, 0.1) is 6.92 Å². The SMILES string of the molecule is Cc1ccc(-c2nc(OC(C)C)nn2-c2ccc(N)cc2)cc1. The van der Waals surface area contributed by atoms with E-state index in [4.69, 9.17) is 10.5 Å². The molecule has 5 heteroatoms. The zero-order valence-corrected chi connectivity index (χ0v) is 13.5. The van der Waals surface area contributed by atoms with Crippen LogP contribution in [0.3, 0.4) is 0 Å². The molecule has 118 valence electrons. The molecule has 0 aliphatic carbocycles. The monoisotopic (exact) mass is 308 g/mol. The lowest BCUT2D eigenvalue weighted by Crippen LogP contribution is -2.07. The average molecular weight is 308 g/mol. The standard InChI is InChI=1S/C18H20N4O/c1-12(2)23-18-20-17(14-6-4-13(3)5-7-14)22(21-18)16-10-8-15(19)9-11-16/h4-12H,19H2,1-3H3. The van der Waals surface area contributed by atoms with Crippen LogP contribution >= 0.6 is 0 Å². The molecular weight excluding hydrogens is 288 g/mol. The summed E-state index contributed by atoms with van der Waals surface area (Å²) in [4.78, 5) is 4.55. The number of rotatable bonds is 4. The van der Waals surface area contributed by atoms with Crippen molar-refractivity contribution >= 4 is 5.69 Å². The zero-order chi connectivity index (χ0) is 16.4. The third-order valence-corrected chi connectivity index (χ3v) is 3.38. The smallest absolute Gasteiger partial charge is 0.336 e. The van der Waals surface area contributed by atoms with Crippen LogP contribution in [0.5, 0.6) is 6.01 Å². The minimum Gasteiger partial charge on any atom is -0.460 e. The van der Waals surface area contributed by atoms with Gasteiger partial charge in [-0.3, -0.25) is 0 Å². The average Bonchev–Trinajstić information content (AvgIpc) is 2.91. The molecule has 5 nitrogen and oxygen atoms in total. The van der Waals surface area contributed by atoms with Gasteiger partial charge in [0.1, 0.15) is 0 Å². The fourth-order valence-electron chi connectivity index (χ4n) is 2.24. The molecule has 0 aliphatic rings. The normalized spacial score (nSPS) is 11.0. The lowest BCUT2D eigenvalue weighted by atomic mass is 10.1. The number of anilines is 1. The molecule has 0 saturated carbocycles. The van der Waals surface area contributed by atoms with Gasteiger partial charge in [0.05, 0.1) is 11.8 Å². The first-order valence-electron chi connectivity index (χ1n) is 7.59. The molecule has 0 fully saturated rings. The van der Waals surface area contributed by atoms with Crippen LogP contribution < -0.4 is 10.5 Å². The molecule has 0 radical (unpaired) electrons. The Balaban J connectivity index is 2.10. The highest BCUT2D eigenvalue weighted by atomic mass is 16.5. The van der Waals surface area contributed by atoms with Gasteiger partial charge in [-0.05, 0) is 45.0 Å². The lowest BCUT2D eigenvalue weighted by Gasteiger charge is -2.06. The van der Waals surface area contributed by atoms with E-state index in [1.165, 1.54) is 5.56 Å². The van der Waals surface area contributed by atoms with E-state index in [0.29, 0.717) is 11.7 Å². The Morgan fingerprint density at radius 3 is 2.26 bits per heavy atom. The summed E-state index contributed by atoms with van der Waals surface area (Å²) in [5.74, 6) is 0.741. The van der Waals surface area contributed by atoms with Crippen molar-refractivity contribution in [2.45, 2.75) is 26.9 Å². The molecule has 0 atom stereocenters. The first-order chi connectivity index (χ1) is 11.0. The van der Waals surface area contributed by atoms with Gasteiger partial charge in [-0.2, -0.15) is 4.98 Å². The van der Waals surface area contributed by atoms with E-state index < -0.39 is 0 Å². The minimum atomic E-state index is 0.0168. The number of hydrogen-bond acceptors (Lipinski definition) is 4. The molecule has 1 heterocycles. The molecule has 0 amide bonds. The summed E-state index contributed by atoms with van der Waals surface area (Å²) in [7, 11) is 0. The Morgan fingerprint density at radius 2 is 1.65 bits per heavy atom. The number of nitrogens with two attached hydrogens (primary N) is 1. The van der Waals surface area contributed by atoms with Crippen molar-refractivity contribution in [2.75, 3.05) is 5.73 Å². The Kier molecular flexibility index (Phi) is 4.02. The quantitative estimate of drug-likeness (QED) is 0.748. The van der Waals surface area contributed by atoms with Crippen molar-refractivity contribution in [2.24, 2.45) is 0 Å². The fraction of sp³-hybridized carbons (Fsp3) is 0.222. The molecular formula is C18H20N4O. The summed E-state index contributed by atoms with van der Waals surface area (Å²) in [6.07, 6.45) is 0.0168. The van der Waals surface area contributed by atoms with Gasteiger partial charge in [-0.1, -0.05) is 29.8 Å². The van der Waals surface area contributed by atoms with Gasteiger partial charge in [0.25, 0.3) is 0 Å². The Morgan fingerprint density at radius 1 is 1.00 bits per heavy atom. The minimum absolute atomic E-state index is 0.0168. The van der Waals surface area contributed by atoms with Crippen molar-refractivity contribution in [3.05, 3.63) is 54.1 Å². The van der Waals surface area contributed by atoms with Crippen LogP contribution in [0.15, 0.2) is 48.5 Å². The summed E-state index contributed by atoms with van der Waals surface area (Å²) in [6, 6.07) is 16.1. The number of nitrogen functional groups attached to an aromatic ring is 1. The van der Waals surface area contributed by atoms with Crippen molar-refractivity contribution in [3.8, 4) is 23.1 Å². The Labute approximate surface area is 135 Å². The maximum absolute atomic E-state index is 5.77. The van der Waals surface area contributed by atoms with E-state index in [1.807, 2.05) is 50.2 Å². The molecule has 3 aromatic rings. The third kappa shape index (κ3) is 3.34. The summed E-state index contributed by atoms with van der Waals surface area (Å²) in [5.41, 5.74) is 9.56. The van der Waals surface area contributed by atoms with E-state index in [1.54, 1.807) is 4.68 Å². The van der Waals surface area contributed by atoms with Crippen LogP contribution in [0.25, 0.3) is 17.1 Å². The Hall–Kier alpha value is -2.82. The fourth-order valence-corrected chi connectivity index (χ4v) is 2.24. The van der Waals surface area contributed by atoms with Crippen molar-refractivity contribution in [1.82, 2.24) is 14.8 Å². The molecule has 0 saturated heterocycles. The van der Waals surface area contributed by atoms with E-state index in [2.05, 4.69) is 29.1 Å². The second kappa shape index (κ2) is 6.12. The largest absolute Gasteiger partial charge is 0.460 e. The van der Waals surface area contributed by atoms with Gasteiger partial charge < -0.3 is 10.5 Å². The first-order valence-corrected chi connectivity index (χ1v) is 7.59. The maximum atomic E-state index is 5.77. The summed E-state index contributed by atoms with van der Waals surface area (Å²) >= 11 is 0. The molecule has 2 aromatic carbocycles. The summed E-state index contributed by atoms with van der Waals surface area (Å²) in [6.45, 7) is 5.96.